The lowest BCUT2D eigenvalue weighted by Gasteiger charge is -2.36. The van der Waals surface area contributed by atoms with Gasteiger partial charge in [0, 0.05) is 30.7 Å². The van der Waals surface area contributed by atoms with Gasteiger partial charge in [-0.25, -0.2) is 0 Å². The first kappa shape index (κ1) is 20.2. The quantitative estimate of drug-likeness (QED) is 0.675. The van der Waals surface area contributed by atoms with Crippen molar-refractivity contribution in [2.45, 2.75) is 32.4 Å². The molecule has 30 heavy (non-hydrogen) atoms. The van der Waals surface area contributed by atoms with Crippen molar-refractivity contribution in [3.05, 3.63) is 95.6 Å². The van der Waals surface area contributed by atoms with E-state index in [0.717, 1.165) is 49.3 Å². The van der Waals surface area contributed by atoms with E-state index in [1.165, 1.54) is 5.56 Å². The Labute approximate surface area is 178 Å². The fourth-order valence-electron chi connectivity index (χ4n) is 4.23. The van der Waals surface area contributed by atoms with Gasteiger partial charge in [-0.1, -0.05) is 30.3 Å². The van der Waals surface area contributed by atoms with Gasteiger partial charge in [0.2, 0.25) is 0 Å². The van der Waals surface area contributed by atoms with Gasteiger partial charge in [0.1, 0.15) is 0 Å². The van der Waals surface area contributed by atoms with Gasteiger partial charge in [-0.15, -0.1) is 0 Å². The Balaban J connectivity index is 1.46. The molecule has 5 nitrogen and oxygen atoms in total. The summed E-state index contributed by atoms with van der Waals surface area (Å²) in [6.07, 6.45) is 7.60. The van der Waals surface area contributed by atoms with Gasteiger partial charge < -0.3 is 5.32 Å². The molecule has 3 heterocycles. The van der Waals surface area contributed by atoms with E-state index < -0.39 is 0 Å². The average molecular weight is 401 g/mol. The van der Waals surface area contributed by atoms with Crippen molar-refractivity contribution in [3.63, 3.8) is 0 Å². The number of carbonyl (C=O) groups is 1. The van der Waals surface area contributed by atoms with Crippen LogP contribution >= 0.6 is 0 Å². The molecule has 0 saturated carbocycles. The van der Waals surface area contributed by atoms with Crippen LogP contribution in [0.1, 0.15) is 46.1 Å². The fraction of sp³-hybridized carbons (Fsp3) is 0.320. The van der Waals surface area contributed by atoms with E-state index in [0.29, 0.717) is 5.92 Å². The first-order chi connectivity index (χ1) is 14.7. The minimum atomic E-state index is -0.0844. The third-order valence-electron chi connectivity index (χ3n) is 5.92. The lowest BCUT2D eigenvalue weighted by molar-refractivity contribution is 0.0887. The maximum absolute atomic E-state index is 13.0. The molecule has 154 valence electrons. The van der Waals surface area contributed by atoms with Crippen molar-refractivity contribution in [1.29, 1.82) is 0 Å². The number of nitrogens with one attached hydrogen (secondary N) is 1. The van der Waals surface area contributed by atoms with E-state index in [4.69, 9.17) is 0 Å². The van der Waals surface area contributed by atoms with Gasteiger partial charge in [0.25, 0.3) is 5.91 Å². The summed E-state index contributed by atoms with van der Waals surface area (Å²) in [5.74, 6) is 0.333. The van der Waals surface area contributed by atoms with Crippen LogP contribution in [-0.2, 0) is 6.54 Å². The van der Waals surface area contributed by atoms with Crippen LogP contribution in [0.25, 0.3) is 0 Å². The number of benzene rings is 1. The second-order valence-electron chi connectivity index (χ2n) is 8.00. The van der Waals surface area contributed by atoms with Crippen molar-refractivity contribution >= 4 is 5.91 Å². The molecule has 1 N–H and O–H groups in total. The molecule has 1 amide bonds. The standard InChI is InChI=1S/C25H28N4O/c1-19-7-2-3-9-22(19)25(30)28-24(23-10-4-5-14-27-23)21-11-15-29(16-12-21)18-20-8-6-13-26-17-20/h2-10,13-14,17,21,24H,11-12,15-16,18H2,1H3,(H,28,30)/t24-/m0/s1. The van der Waals surface area contributed by atoms with Crippen molar-refractivity contribution in [3.8, 4) is 0 Å². The van der Waals surface area contributed by atoms with Crippen LogP contribution in [0.15, 0.2) is 73.2 Å². The molecule has 1 saturated heterocycles. The van der Waals surface area contributed by atoms with Crippen LogP contribution < -0.4 is 5.32 Å². The number of pyridine rings is 2. The van der Waals surface area contributed by atoms with Gasteiger partial charge in [-0.2, -0.15) is 0 Å². The molecule has 1 fully saturated rings. The van der Waals surface area contributed by atoms with Gasteiger partial charge in [0.15, 0.2) is 0 Å². The Morgan fingerprint density at radius 1 is 1.07 bits per heavy atom. The predicted octanol–water partition coefficient (Wildman–Crippen LogP) is 4.17. The highest BCUT2D eigenvalue weighted by molar-refractivity contribution is 5.95. The SMILES string of the molecule is Cc1ccccc1C(=O)N[C@H](c1ccccn1)C1CCN(Cc2cccnc2)CC1. The summed E-state index contributed by atoms with van der Waals surface area (Å²) in [6, 6.07) is 17.7. The molecule has 1 atom stereocenters. The lowest BCUT2D eigenvalue weighted by atomic mass is 9.86. The second kappa shape index (κ2) is 9.63. The fourth-order valence-corrected chi connectivity index (χ4v) is 4.23. The third kappa shape index (κ3) is 4.92. The molecule has 0 spiro atoms. The van der Waals surface area contributed by atoms with E-state index in [1.54, 1.807) is 6.20 Å². The Morgan fingerprint density at radius 3 is 2.57 bits per heavy atom. The number of amides is 1. The van der Waals surface area contributed by atoms with E-state index >= 15 is 0 Å². The zero-order chi connectivity index (χ0) is 20.8. The zero-order valence-corrected chi connectivity index (χ0v) is 17.4. The molecular formula is C25H28N4O. The molecular weight excluding hydrogens is 372 g/mol. The number of carbonyl (C=O) groups excluding carboxylic acids is 1. The van der Waals surface area contributed by atoms with Crippen molar-refractivity contribution in [2.24, 2.45) is 5.92 Å². The summed E-state index contributed by atoms with van der Waals surface area (Å²) in [6.45, 7) is 4.90. The monoisotopic (exact) mass is 400 g/mol. The molecule has 1 aliphatic heterocycles. The minimum absolute atomic E-state index is 0.0263. The normalized spacial score (nSPS) is 16.2. The van der Waals surface area contributed by atoms with Crippen molar-refractivity contribution in [2.75, 3.05) is 13.1 Å². The summed E-state index contributed by atoms with van der Waals surface area (Å²) >= 11 is 0. The third-order valence-corrected chi connectivity index (χ3v) is 5.92. The van der Waals surface area contributed by atoms with E-state index in [9.17, 15) is 4.79 Å². The predicted molar refractivity (Wildman–Crippen MR) is 118 cm³/mol. The zero-order valence-electron chi connectivity index (χ0n) is 17.4. The van der Waals surface area contributed by atoms with Gasteiger partial charge in [0.05, 0.1) is 11.7 Å². The summed E-state index contributed by atoms with van der Waals surface area (Å²) in [4.78, 5) is 24.3. The molecule has 0 aliphatic carbocycles. The Bertz CT molecular complexity index is 953. The van der Waals surface area contributed by atoms with Crippen LogP contribution in [0.5, 0.6) is 0 Å². The summed E-state index contributed by atoms with van der Waals surface area (Å²) in [5, 5.41) is 3.29. The number of piperidine rings is 1. The Kier molecular flexibility index (Phi) is 6.50. The largest absolute Gasteiger partial charge is 0.343 e. The molecule has 1 aromatic carbocycles. The van der Waals surface area contributed by atoms with Gasteiger partial charge in [-0.3, -0.25) is 19.7 Å². The second-order valence-corrected chi connectivity index (χ2v) is 8.00. The maximum Gasteiger partial charge on any atom is 0.252 e. The van der Waals surface area contributed by atoms with Crippen LogP contribution in [0.2, 0.25) is 0 Å². The van der Waals surface area contributed by atoms with Crippen LogP contribution in [-0.4, -0.2) is 33.9 Å². The Hall–Kier alpha value is -3.05. The molecule has 0 unspecified atom stereocenters. The molecule has 0 bridgehead atoms. The Morgan fingerprint density at radius 2 is 1.87 bits per heavy atom. The topological polar surface area (TPSA) is 58.1 Å². The number of likely N-dealkylation sites (tertiary alicyclic amines) is 1. The highest BCUT2D eigenvalue weighted by atomic mass is 16.1. The summed E-state index contributed by atoms with van der Waals surface area (Å²) < 4.78 is 0. The average Bonchev–Trinajstić information content (AvgIpc) is 2.79. The van der Waals surface area contributed by atoms with Crippen LogP contribution in [0.3, 0.4) is 0 Å². The van der Waals surface area contributed by atoms with E-state index in [2.05, 4.69) is 26.3 Å². The number of aromatic nitrogens is 2. The number of hydrogen-bond donors (Lipinski definition) is 1. The molecule has 2 aromatic heterocycles. The maximum atomic E-state index is 13.0. The highest BCUT2D eigenvalue weighted by Gasteiger charge is 2.30. The van der Waals surface area contributed by atoms with Gasteiger partial charge in [-0.05, 0) is 74.2 Å². The molecule has 4 rings (SSSR count). The van der Waals surface area contributed by atoms with Crippen LogP contribution in [0, 0.1) is 12.8 Å². The number of aryl methyl sites for hydroxylation is 1. The van der Waals surface area contributed by atoms with Crippen LogP contribution in [0.4, 0.5) is 0 Å². The first-order valence-electron chi connectivity index (χ1n) is 10.6. The summed E-state index contributed by atoms with van der Waals surface area (Å²) in [7, 11) is 0. The minimum Gasteiger partial charge on any atom is -0.343 e. The lowest BCUT2D eigenvalue weighted by Crippen LogP contribution is -2.41. The first-order valence-corrected chi connectivity index (χ1v) is 10.6. The number of nitrogens with zero attached hydrogens (tertiary/aromatic N) is 3. The molecule has 3 aromatic rings. The van der Waals surface area contributed by atoms with Crippen molar-refractivity contribution in [1.82, 2.24) is 20.2 Å². The number of rotatable bonds is 6. The number of hydrogen-bond acceptors (Lipinski definition) is 4. The van der Waals surface area contributed by atoms with E-state index in [1.807, 2.05) is 67.8 Å². The van der Waals surface area contributed by atoms with E-state index in [-0.39, 0.29) is 11.9 Å². The molecule has 1 aliphatic rings. The van der Waals surface area contributed by atoms with Crippen molar-refractivity contribution < 1.29 is 4.79 Å². The smallest absolute Gasteiger partial charge is 0.252 e. The summed E-state index contributed by atoms with van der Waals surface area (Å²) in [5.41, 5.74) is 3.89. The van der Waals surface area contributed by atoms with Gasteiger partial charge >= 0.3 is 0 Å². The molecule has 0 radical (unpaired) electrons. The highest BCUT2D eigenvalue weighted by Crippen LogP contribution is 2.31. The molecule has 5 heteroatoms.